The zero-order valence-corrected chi connectivity index (χ0v) is 21.1. The fourth-order valence-corrected chi connectivity index (χ4v) is 6.19. The first-order chi connectivity index (χ1) is 18.8. The molecule has 4 aromatic carbocycles. The zero-order chi connectivity index (χ0) is 25.1. The summed E-state index contributed by atoms with van der Waals surface area (Å²) < 4.78 is 3.25. The fourth-order valence-electron chi connectivity index (χ4n) is 5.18. The van der Waals surface area contributed by atoms with Gasteiger partial charge >= 0.3 is 0 Å². The lowest BCUT2D eigenvalue weighted by atomic mass is 9.99. The van der Waals surface area contributed by atoms with E-state index in [9.17, 15) is 0 Å². The van der Waals surface area contributed by atoms with Gasteiger partial charge in [-0.2, -0.15) is 0 Å². The fraction of sp³-hybridized carbons (Fsp3) is 0. The lowest BCUT2D eigenvalue weighted by Crippen LogP contribution is -1.91. The molecule has 178 valence electrons. The number of hydrogen-bond acceptors (Lipinski definition) is 4. The Balaban J connectivity index is 1.22. The van der Waals surface area contributed by atoms with Gasteiger partial charge in [-0.25, -0.2) is 15.0 Å². The number of nitrogens with zero attached hydrogens (tertiary/aromatic N) is 4. The third kappa shape index (κ3) is 3.33. The van der Waals surface area contributed by atoms with Crippen LogP contribution in [-0.2, 0) is 0 Å². The largest absolute Gasteiger partial charge is 0.284 e. The van der Waals surface area contributed by atoms with Gasteiger partial charge in [0.05, 0.1) is 15.9 Å². The number of pyridine rings is 2. The minimum Gasteiger partial charge on any atom is -0.284 e. The molecular weight excluding hydrogens is 484 g/mol. The molecule has 0 fully saturated rings. The van der Waals surface area contributed by atoms with E-state index in [0.717, 1.165) is 54.9 Å². The number of rotatable bonds is 3. The molecule has 0 N–H and O–H groups in total. The molecular formula is C33H20N4S. The molecule has 0 aliphatic rings. The lowest BCUT2D eigenvalue weighted by molar-refractivity contribution is 1.19. The van der Waals surface area contributed by atoms with Gasteiger partial charge in [-0.15, -0.1) is 11.3 Å². The second kappa shape index (κ2) is 8.33. The predicted octanol–water partition coefficient (Wildman–Crippen LogP) is 8.65. The highest BCUT2D eigenvalue weighted by atomic mass is 32.1. The normalized spacial score (nSPS) is 11.7. The monoisotopic (exact) mass is 504 g/mol. The molecule has 8 aromatic rings. The van der Waals surface area contributed by atoms with E-state index in [1.807, 2.05) is 30.5 Å². The lowest BCUT2D eigenvalue weighted by Gasteiger charge is -2.09. The third-order valence-corrected chi connectivity index (χ3v) is 8.13. The minimum atomic E-state index is 0.878. The van der Waals surface area contributed by atoms with Gasteiger partial charge in [0.25, 0.3) is 0 Å². The van der Waals surface area contributed by atoms with Crippen molar-refractivity contribution >= 4 is 49.1 Å². The van der Waals surface area contributed by atoms with Gasteiger partial charge in [-0.05, 0) is 35.4 Å². The summed E-state index contributed by atoms with van der Waals surface area (Å²) in [6, 6.07) is 40.1. The van der Waals surface area contributed by atoms with Crippen LogP contribution in [0.5, 0.6) is 0 Å². The Kier molecular flexibility index (Phi) is 4.66. The summed E-state index contributed by atoms with van der Waals surface area (Å²) in [6.07, 6.45) is 2.03. The van der Waals surface area contributed by atoms with E-state index < -0.39 is 0 Å². The molecule has 4 heterocycles. The highest BCUT2D eigenvalue weighted by molar-refractivity contribution is 7.21. The smallest absolute Gasteiger partial charge is 0.165 e. The Morgan fingerprint density at radius 1 is 0.553 bits per heavy atom. The number of benzene rings is 4. The van der Waals surface area contributed by atoms with Crippen LogP contribution in [0, 0.1) is 0 Å². The Labute approximate surface area is 222 Å². The van der Waals surface area contributed by atoms with Crippen molar-refractivity contribution in [3.05, 3.63) is 121 Å². The minimum absolute atomic E-state index is 0.878. The van der Waals surface area contributed by atoms with Crippen molar-refractivity contribution in [2.45, 2.75) is 0 Å². The van der Waals surface area contributed by atoms with E-state index in [-0.39, 0.29) is 0 Å². The number of thiazole rings is 1. The molecule has 0 radical (unpaired) electrons. The van der Waals surface area contributed by atoms with Crippen molar-refractivity contribution in [2.75, 3.05) is 0 Å². The van der Waals surface area contributed by atoms with Gasteiger partial charge in [0.2, 0.25) is 0 Å². The first-order valence-electron chi connectivity index (χ1n) is 12.5. The molecule has 0 bridgehead atoms. The molecule has 4 aromatic heterocycles. The molecule has 0 saturated carbocycles. The zero-order valence-electron chi connectivity index (χ0n) is 20.2. The summed E-state index contributed by atoms with van der Waals surface area (Å²) in [5.41, 5.74) is 9.31. The molecule has 38 heavy (non-hydrogen) atoms. The predicted molar refractivity (Wildman–Crippen MR) is 157 cm³/mol. The van der Waals surface area contributed by atoms with Crippen molar-refractivity contribution in [1.29, 1.82) is 0 Å². The molecule has 5 heteroatoms. The van der Waals surface area contributed by atoms with Crippen molar-refractivity contribution in [2.24, 2.45) is 0 Å². The summed E-state index contributed by atoms with van der Waals surface area (Å²) in [6.45, 7) is 0. The number of aromatic nitrogens is 4. The van der Waals surface area contributed by atoms with E-state index in [0.29, 0.717) is 0 Å². The van der Waals surface area contributed by atoms with Crippen LogP contribution < -0.4 is 0 Å². The molecule has 0 aliphatic carbocycles. The maximum Gasteiger partial charge on any atom is 0.165 e. The average molecular weight is 505 g/mol. The van der Waals surface area contributed by atoms with Crippen molar-refractivity contribution in [3.8, 4) is 33.0 Å². The maximum atomic E-state index is 5.13. The van der Waals surface area contributed by atoms with E-state index in [1.54, 1.807) is 11.3 Å². The number of imidazole rings is 1. The summed E-state index contributed by atoms with van der Waals surface area (Å²) in [7, 11) is 0. The van der Waals surface area contributed by atoms with Crippen LogP contribution in [0.4, 0.5) is 0 Å². The molecule has 0 atom stereocenters. The van der Waals surface area contributed by atoms with Crippen LogP contribution in [0.15, 0.2) is 121 Å². The Morgan fingerprint density at radius 3 is 2.16 bits per heavy atom. The van der Waals surface area contributed by atoms with Crippen LogP contribution in [0.1, 0.15) is 0 Å². The van der Waals surface area contributed by atoms with Crippen molar-refractivity contribution < 1.29 is 0 Å². The van der Waals surface area contributed by atoms with Gasteiger partial charge in [-0.1, -0.05) is 91.0 Å². The van der Waals surface area contributed by atoms with E-state index >= 15 is 0 Å². The van der Waals surface area contributed by atoms with Gasteiger partial charge in [0.15, 0.2) is 5.65 Å². The molecule has 8 rings (SSSR count). The maximum absolute atomic E-state index is 5.13. The molecule has 0 spiro atoms. The Bertz CT molecular complexity index is 2120. The Morgan fingerprint density at radius 2 is 1.29 bits per heavy atom. The highest BCUT2D eigenvalue weighted by Crippen LogP contribution is 2.35. The van der Waals surface area contributed by atoms with Crippen LogP contribution in [0.2, 0.25) is 0 Å². The van der Waals surface area contributed by atoms with Crippen LogP contribution in [-0.4, -0.2) is 19.4 Å². The van der Waals surface area contributed by atoms with Gasteiger partial charge in [0.1, 0.15) is 16.2 Å². The first kappa shape index (κ1) is 21.2. The second-order valence-corrected chi connectivity index (χ2v) is 10.4. The highest BCUT2D eigenvalue weighted by Gasteiger charge is 2.15. The van der Waals surface area contributed by atoms with Gasteiger partial charge in [-0.3, -0.25) is 4.40 Å². The van der Waals surface area contributed by atoms with Crippen molar-refractivity contribution in [1.82, 2.24) is 19.4 Å². The number of hydrogen-bond donors (Lipinski definition) is 0. The summed E-state index contributed by atoms with van der Waals surface area (Å²) in [5.74, 6) is 0. The molecule has 4 nitrogen and oxygen atoms in total. The van der Waals surface area contributed by atoms with Gasteiger partial charge in [0, 0.05) is 28.1 Å². The molecule has 0 amide bonds. The SMILES string of the molecule is c1ccc(-c2nc3ccc(-c4ccc(-c5nc6c(nc7ccccn76)c6ccccc56)cc4)cc3s2)cc1. The molecule has 0 aliphatic heterocycles. The van der Waals surface area contributed by atoms with Crippen LogP contribution in [0.25, 0.3) is 70.8 Å². The molecule has 0 unspecified atom stereocenters. The van der Waals surface area contributed by atoms with E-state index in [1.165, 1.54) is 15.8 Å². The summed E-state index contributed by atoms with van der Waals surface area (Å²) >= 11 is 1.73. The summed E-state index contributed by atoms with van der Waals surface area (Å²) in [5, 5.41) is 3.27. The van der Waals surface area contributed by atoms with E-state index in [2.05, 4.69) is 95.4 Å². The van der Waals surface area contributed by atoms with Gasteiger partial charge < -0.3 is 0 Å². The second-order valence-electron chi connectivity index (χ2n) is 9.36. The summed E-state index contributed by atoms with van der Waals surface area (Å²) in [4.78, 5) is 14.9. The van der Waals surface area contributed by atoms with Crippen molar-refractivity contribution in [3.63, 3.8) is 0 Å². The van der Waals surface area contributed by atoms with Crippen LogP contribution in [0.3, 0.4) is 0 Å². The quantitative estimate of drug-likeness (QED) is 0.242. The Hall–Kier alpha value is -4.87. The van der Waals surface area contributed by atoms with E-state index in [4.69, 9.17) is 15.0 Å². The molecule has 0 saturated heterocycles. The van der Waals surface area contributed by atoms with Crippen LogP contribution >= 0.6 is 11.3 Å². The first-order valence-corrected chi connectivity index (χ1v) is 13.4. The number of fused-ring (bicyclic) bond motifs is 6. The third-order valence-electron chi connectivity index (χ3n) is 7.06. The topological polar surface area (TPSA) is 43.1 Å². The average Bonchev–Trinajstić information content (AvgIpc) is 3.59. The standard InChI is InChI=1S/C33H20N4S/c1-2-8-23(9-3-1)33-34-27-18-17-24(20-28(27)38-33)21-13-15-22(16-14-21)30-25-10-4-5-11-26(25)31-32(36-30)37-19-7-6-12-29(37)35-31/h1-20H.